The van der Waals surface area contributed by atoms with Crippen molar-refractivity contribution in [1.82, 2.24) is 4.90 Å². The molecule has 0 saturated heterocycles. The minimum atomic E-state index is -3.75. The van der Waals surface area contributed by atoms with E-state index in [1.165, 1.54) is 128 Å². The summed E-state index contributed by atoms with van der Waals surface area (Å²) in [5, 5.41) is 0. The highest BCUT2D eigenvalue weighted by Crippen LogP contribution is 2.50. The minimum absolute atomic E-state index is 0.0445. The monoisotopic (exact) mass is 1090 g/mol. The maximum Gasteiger partial charge on any atom is 0.474 e. The van der Waals surface area contributed by atoms with Gasteiger partial charge in [-0.1, -0.05) is 195 Å². The van der Waals surface area contributed by atoms with E-state index in [0.29, 0.717) is 32.7 Å². The van der Waals surface area contributed by atoms with Gasteiger partial charge >= 0.3 is 19.8 Å². The van der Waals surface area contributed by atoms with Gasteiger partial charge in [-0.3, -0.25) is 23.2 Å². The van der Waals surface area contributed by atoms with Gasteiger partial charge in [-0.05, 0) is 122 Å². The molecule has 0 aromatic heterocycles. The Labute approximate surface area is 465 Å². The van der Waals surface area contributed by atoms with Crippen molar-refractivity contribution in [2.24, 2.45) is 0 Å². The Balaban J connectivity index is 5.03. The highest BCUT2D eigenvalue weighted by Gasteiger charge is 2.26. The molecule has 0 atom stereocenters. The molecule has 0 aliphatic heterocycles. The molecule has 0 spiro atoms. The minimum Gasteiger partial charge on any atom is -0.462 e. The number of hydrogen-bond acceptors (Lipinski definition) is 11. The van der Waals surface area contributed by atoms with Crippen LogP contribution in [0.2, 0.25) is 0 Å². The molecule has 0 aromatic rings. The van der Waals surface area contributed by atoms with Crippen LogP contribution in [0.5, 0.6) is 0 Å². The Morgan fingerprint density at radius 3 is 0.933 bits per heavy atom. The summed E-state index contributed by atoms with van der Waals surface area (Å²) in [4.78, 5) is 28.3. The van der Waals surface area contributed by atoms with Crippen LogP contribution in [-0.2, 0) is 46.7 Å². The first-order valence-electron chi connectivity index (χ1n) is 32.4. The van der Waals surface area contributed by atoms with Gasteiger partial charge in [-0.15, -0.1) is 0 Å². The van der Waals surface area contributed by atoms with Crippen LogP contribution in [0.1, 0.15) is 317 Å². The normalized spacial score (nSPS) is 12.0. The van der Waals surface area contributed by atoms with E-state index in [9.17, 15) is 14.2 Å². The zero-order valence-corrected chi connectivity index (χ0v) is 51.5. The maximum absolute atomic E-state index is 14.0. The Bertz CT molecular complexity index is 1110. The van der Waals surface area contributed by atoms with Gasteiger partial charge < -0.3 is 23.8 Å². The second-order valence-electron chi connectivity index (χ2n) is 22.0. The largest absolute Gasteiger partial charge is 0.474 e. The Kier molecular flexibility index (Phi) is 58.2. The van der Waals surface area contributed by atoms with Gasteiger partial charge in [0.15, 0.2) is 0 Å². The van der Waals surface area contributed by atoms with Crippen LogP contribution in [0.15, 0.2) is 0 Å². The third-order valence-electron chi connectivity index (χ3n) is 14.7. The Morgan fingerprint density at radius 1 is 0.333 bits per heavy atom. The van der Waals surface area contributed by atoms with Crippen LogP contribution >= 0.6 is 7.82 Å². The molecule has 12 heteroatoms. The van der Waals surface area contributed by atoms with Gasteiger partial charge in [0.1, 0.15) is 12.2 Å². The third kappa shape index (κ3) is 53.4. The summed E-state index contributed by atoms with van der Waals surface area (Å²) >= 11 is 0. The average Bonchev–Trinajstić information content (AvgIpc) is 3.40. The Morgan fingerprint density at radius 2 is 0.600 bits per heavy atom. The summed E-state index contributed by atoms with van der Waals surface area (Å²) in [6, 6.07) is 0. The number of esters is 2. The smallest absolute Gasteiger partial charge is 0.462 e. The second kappa shape index (κ2) is 59.1. The van der Waals surface area contributed by atoms with E-state index in [4.69, 9.17) is 32.5 Å². The first-order chi connectivity index (χ1) is 36.8. The zero-order chi connectivity index (χ0) is 54.8. The zero-order valence-electron chi connectivity index (χ0n) is 50.6. The molecule has 0 fully saturated rings. The molecule has 0 radical (unpaired) electrons. The van der Waals surface area contributed by atoms with Crippen LogP contribution < -0.4 is 0 Å². The summed E-state index contributed by atoms with van der Waals surface area (Å²) in [7, 11) is -0.257. The summed E-state index contributed by atoms with van der Waals surface area (Å²) in [5.41, 5.74) is 0. The van der Waals surface area contributed by atoms with E-state index in [0.717, 1.165) is 181 Å². The van der Waals surface area contributed by atoms with Crippen molar-refractivity contribution in [2.75, 3.05) is 66.9 Å². The van der Waals surface area contributed by atoms with Gasteiger partial charge in [0.05, 0.1) is 19.8 Å². The quantitative estimate of drug-likeness (QED) is 0.0329. The lowest BCUT2D eigenvalue weighted by Crippen LogP contribution is -2.28. The van der Waals surface area contributed by atoms with Gasteiger partial charge in [0.2, 0.25) is 0 Å². The maximum atomic E-state index is 14.0. The molecule has 0 bridgehead atoms. The lowest BCUT2D eigenvalue weighted by molar-refractivity contribution is -0.151. The van der Waals surface area contributed by atoms with Gasteiger partial charge in [0.25, 0.3) is 0 Å². The molecule has 0 aliphatic carbocycles. The van der Waals surface area contributed by atoms with Gasteiger partial charge in [-0.25, -0.2) is 4.57 Å². The predicted molar refractivity (Wildman–Crippen MR) is 316 cm³/mol. The number of hydrogen-bond donors (Lipinski definition) is 0. The van der Waals surface area contributed by atoms with Crippen molar-refractivity contribution in [3.63, 3.8) is 0 Å². The van der Waals surface area contributed by atoms with E-state index in [1.54, 1.807) is 14.2 Å². The highest BCUT2D eigenvalue weighted by molar-refractivity contribution is 7.48. The van der Waals surface area contributed by atoms with E-state index in [1.807, 2.05) is 0 Å². The van der Waals surface area contributed by atoms with E-state index in [-0.39, 0.29) is 24.1 Å². The fourth-order valence-electron chi connectivity index (χ4n) is 9.85. The van der Waals surface area contributed by atoms with Crippen LogP contribution in [0.4, 0.5) is 0 Å². The summed E-state index contributed by atoms with van der Waals surface area (Å²) in [6.07, 6.45) is 48.9. The lowest BCUT2D eigenvalue weighted by Gasteiger charge is -2.23. The van der Waals surface area contributed by atoms with Gasteiger partial charge in [0, 0.05) is 46.8 Å². The average molecular weight is 1090 g/mol. The molecule has 0 aromatic carbocycles. The number of methoxy groups -OCH3 is 2. The SMILES string of the molecule is CCCCCCCCC(CCCCCCCC)OC(=O)CCCCCCCOP(=O)(OCCCCCCCC(=O)OC(CCCCCCCC)CCCCCCCC)OCCCN(CCCCOC)CCCCOC. The fourth-order valence-corrected chi connectivity index (χ4v) is 11.1. The van der Waals surface area contributed by atoms with Crippen molar-refractivity contribution in [3.05, 3.63) is 0 Å². The Hall–Kier alpha value is -1.07. The van der Waals surface area contributed by atoms with Crippen LogP contribution in [-0.4, -0.2) is 95.9 Å². The number of ether oxygens (including phenoxy) is 4. The first kappa shape index (κ1) is 73.9. The molecule has 0 aliphatic rings. The summed E-state index contributed by atoms with van der Waals surface area (Å²) in [5.74, 6) is -0.0890. The topological polar surface area (TPSA) is 119 Å². The molecule has 0 heterocycles. The molecular formula is C63H126NO10P. The fraction of sp³-hybridized carbons (Fsp3) is 0.968. The van der Waals surface area contributed by atoms with E-state index in [2.05, 4.69) is 32.6 Å². The first-order valence-corrected chi connectivity index (χ1v) is 33.9. The summed E-state index contributed by atoms with van der Waals surface area (Å²) in [6.45, 7) is 14.3. The molecular weight excluding hydrogens is 962 g/mol. The lowest BCUT2D eigenvalue weighted by atomic mass is 10.0. The molecule has 11 nitrogen and oxygen atoms in total. The molecule has 0 amide bonds. The number of phosphoric acid groups is 1. The molecule has 448 valence electrons. The number of rotatable bonds is 63. The molecule has 0 saturated carbocycles. The van der Waals surface area contributed by atoms with Gasteiger partial charge in [-0.2, -0.15) is 0 Å². The molecule has 0 rings (SSSR count). The standard InChI is InChI=1S/C63H126NO10P/c1-7-11-15-19-25-33-46-60(47-34-26-20-16-12-8-2)73-62(65)50-37-29-23-31-41-57-70-75(67,72-59-45-54-64(52-39-43-55-68-5)53-40-44-56-69-6)71-58-42-32-24-30-38-51-63(66)74-61(48-35-27-21-17-13-9-3)49-36-28-22-18-14-10-4/h60-61H,7-59H2,1-6H3. The van der Waals surface area contributed by atoms with Crippen molar-refractivity contribution >= 4 is 19.8 Å². The van der Waals surface area contributed by atoms with Crippen LogP contribution in [0.25, 0.3) is 0 Å². The summed E-state index contributed by atoms with van der Waals surface area (Å²) < 4.78 is 54.7. The highest BCUT2D eigenvalue weighted by atomic mass is 31.2. The van der Waals surface area contributed by atoms with E-state index >= 15 is 0 Å². The van der Waals surface area contributed by atoms with Crippen LogP contribution in [0.3, 0.4) is 0 Å². The van der Waals surface area contributed by atoms with Crippen molar-refractivity contribution < 1.29 is 46.7 Å². The second-order valence-corrected chi connectivity index (χ2v) is 23.7. The van der Waals surface area contributed by atoms with Crippen molar-refractivity contribution in [3.8, 4) is 0 Å². The predicted octanol–water partition coefficient (Wildman–Crippen LogP) is 19.2. The van der Waals surface area contributed by atoms with E-state index < -0.39 is 7.82 Å². The third-order valence-corrected chi connectivity index (χ3v) is 16.2. The molecule has 75 heavy (non-hydrogen) atoms. The number of carbonyl (C=O) groups excluding carboxylic acids is 2. The molecule has 0 N–H and O–H groups in total. The number of unbranched alkanes of at least 4 members (excludes halogenated alkanes) is 30. The molecule has 0 unspecified atom stereocenters. The number of carbonyl (C=O) groups is 2. The van der Waals surface area contributed by atoms with Crippen molar-refractivity contribution in [1.29, 1.82) is 0 Å². The number of nitrogens with zero attached hydrogens (tertiary/aromatic N) is 1. The van der Waals surface area contributed by atoms with Crippen LogP contribution in [0, 0.1) is 0 Å². The number of phosphoric ester groups is 1. The van der Waals surface area contributed by atoms with Crippen molar-refractivity contribution in [2.45, 2.75) is 329 Å².